The summed E-state index contributed by atoms with van der Waals surface area (Å²) in [5, 5.41) is 15.8. The van der Waals surface area contributed by atoms with E-state index in [-0.39, 0.29) is 12.5 Å². The van der Waals surface area contributed by atoms with E-state index < -0.39 is 0 Å². The molecule has 1 aliphatic carbocycles. The van der Waals surface area contributed by atoms with Gasteiger partial charge in [-0.1, -0.05) is 0 Å². The number of nitrogens with zero attached hydrogens (tertiary/aromatic N) is 3. The van der Waals surface area contributed by atoms with Crippen molar-refractivity contribution in [2.75, 3.05) is 18.6 Å². The SMILES string of the molecule is CCOc1cc(C#N)ccc1OCC(=O)Nn1c(C2CC2)n[nH]c1=S. The van der Waals surface area contributed by atoms with Gasteiger partial charge in [0.25, 0.3) is 5.91 Å². The molecule has 1 aromatic carbocycles. The first-order valence-corrected chi connectivity index (χ1v) is 8.30. The van der Waals surface area contributed by atoms with Gasteiger partial charge in [-0.05, 0) is 44.1 Å². The van der Waals surface area contributed by atoms with E-state index in [1.54, 1.807) is 18.2 Å². The summed E-state index contributed by atoms with van der Waals surface area (Å²) in [6.07, 6.45) is 2.07. The summed E-state index contributed by atoms with van der Waals surface area (Å²) in [5.41, 5.74) is 3.14. The molecule has 2 N–H and O–H groups in total. The molecule has 8 nitrogen and oxygen atoms in total. The van der Waals surface area contributed by atoms with Crippen molar-refractivity contribution < 1.29 is 14.3 Å². The summed E-state index contributed by atoms with van der Waals surface area (Å²) in [6.45, 7) is 2.03. The van der Waals surface area contributed by atoms with Crippen LogP contribution in [0.4, 0.5) is 0 Å². The quantitative estimate of drug-likeness (QED) is 0.735. The van der Waals surface area contributed by atoms with Gasteiger partial charge in [-0.2, -0.15) is 10.4 Å². The van der Waals surface area contributed by atoms with Gasteiger partial charge in [0.15, 0.2) is 23.9 Å². The van der Waals surface area contributed by atoms with Gasteiger partial charge in [0.1, 0.15) is 0 Å². The van der Waals surface area contributed by atoms with Crippen LogP contribution in [0.25, 0.3) is 0 Å². The molecule has 0 unspecified atom stereocenters. The molecule has 0 atom stereocenters. The fraction of sp³-hybridized carbons (Fsp3) is 0.375. The zero-order chi connectivity index (χ0) is 17.8. The van der Waals surface area contributed by atoms with E-state index in [4.69, 9.17) is 27.0 Å². The fourth-order valence-corrected chi connectivity index (χ4v) is 2.48. The Labute approximate surface area is 149 Å². The van der Waals surface area contributed by atoms with Crippen molar-refractivity contribution in [2.24, 2.45) is 0 Å². The number of carbonyl (C=O) groups excluding carboxylic acids is 1. The molecule has 25 heavy (non-hydrogen) atoms. The highest BCUT2D eigenvalue weighted by Crippen LogP contribution is 2.38. The van der Waals surface area contributed by atoms with Crippen LogP contribution in [0.5, 0.6) is 11.5 Å². The zero-order valence-corrected chi connectivity index (χ0v) is 14.4. The van der Waals surface area contributed by atoms with E-state index in [1.807, 2.05) is 13.0 Å². The second-order valence-corrected chi connectivity index (χ2v) is 5.91. The number of H-pyrrole nitrogens is 1. The Bertz CT molecular complexity index is 879. The molecule has 0 saturated heterocycles. The summed E-state index contributed by atoms with van der Waals surface area (Å²) in [4.78, 5) is 12.2. The number of hydrogen-bond acceptors (Lipinski definition) is 6. The molecule has 0 bridgehead atoms. The summed E-state index contributed by atoms with van der Waals surface area (Å²) in [6, 6.07) is 6.83. The highest BCUT2D eigenvalue weighted by Gasteiger charge is 2.29. The van der Waals surface area contributed by atoms with Gasteiger partial charge in [-0.15, -0.1) is 0 Å². The Morgan fingerprint density at radius 3 is 2.96 bits per heavy atom. The zero-order valence-electron chi connectivity index (χ0n) is 13.6. The Kier molecular flexibility index (Phi) is 5.00. The molecule has 0 aliphatic heterocycles. The third-order valence-electron chi connectivity index (χ3n) is 3.61. The third kappa shape index (κ3) is 3.97. The van der Waals surface area contributed by atoms with Gasteiger partial charge in [-0.25, -0.2) is 4.68 Å². The van der Waals surface area contributed by atoms with Crippen molar-refractivity contribution in [2.45, 2.75) is 25.7 Å². The molecule has 3 rings (SSSR count). The molecule has 1 aromatic heterocycles. The first-order chi connectivity index (χ1) is 12.1. The smallest absolute Gasteiger partial charge is 0.276 e. The monoisotopic (exact) mass is 359 g/mol. The normalized spacial score (nSPS) is 13.1. The lowest BCUT2D eigenvalue weighted by Gasteiger charge is -2.13. The van der Waals surface area contributed by atoms with E-state index in [0.717, 1.165) is 18.7 Å². The molecule has 9 heteroatoms. The van der Waals surface area contributed by atoms with Gasteiger partial charge in [0, 0.05) is 12.0 Å². The first-order valence-electron chi connectivity index (χ1n) is 7.89. The number of ether oxygens (including phenoxy) is 2. The van der Waals surface area contributed by atoms with Gasteiger partial charge >= 0.3 is 0 Å². The number of amides is 1. The van der Waals surface area contributed by atoms with Gasteiger partial charge in [-0.3, -0.25) is 15.3 Å². The number of carbonyl (C=O) groups is 1. The topological polar surface area (TPSA) is 105 Å². The largest absolute Gasteiger partial charge is 0.490 e. The summed E-state index contributed by atoms with van der Waals surface area (Å²) in [7, 11) is 0. The van der Waals surface area contributed by atoms with Crippen LogP contribution in [0.2, 0.25) is 0 Å². The minimum absolute atomic E-state index is 0.219. The average molecular weight is 359 g/mol. The number of aromatic amines is 1. The number of benzene rings is 1. The second kappa shape index (κ2) is 7.36. The second-order valence-electron chi connectivity index (χ2n) is 5.53. The minimum Gasteiger partial charge on any atom is -0.490 e. The first kappa shape index (κ1) is 17.0. The van der Waals surface area contributed by atoms with Crippen molar-refractivity contribution in [3.63, 3.8) is 0 Å². The molecule has 130 valence electrons. The van der Waals surface area contributed by atoms with E-state index >= 15 is 0 Å². The summed E-state index contributed by atoms with van der Waals surface area (Å²) >= 11 is 5.14. The Morgan fingerprint density at radius 1 is 1.48 bits per heavy atom. The summed E-state index contributed by atoms with van der Waals surface area (Å²) < 4.78 is 12.8. The third-order valence-corrected chi connectivity index (χ3v) is 3.88. The molecule has 1 amide bonds. The number of rotatable bonds is 7. The predicted octanol–water partition coefficient (Wildman–Crippen LogP) is 2.24. The maximum atomic E-state index is 12.2. The Morgan fingerprint density at radius 2 is 2.28 bits per heavy atom. The van der Waals surface area contributed by atoms with Crippen LogP contribution < -0.4 is 14.9 Å². The molecule has 2 aromatic rings. The van der Waals surface area contributed by atoms with Crippen molar-refractivity contribution in [1.82, 2.24) is 14.9 Å². The van der Waals surface area contributed by atoms with Gasteiger partial charge < -0.3 is 9.47 Å². The molecule has 1 heterocycles. The number of aromatic nitrogens is 3. The highest BCUT2D eigenvalue weighted by molar-refractivity contribution is 7.71. The van der Waals surface area contributed by atoms with Crippen LogP contribution in [0.1, 0.15) is 37.1 Å². The highest BCUT2D eigenvalue weighted by atomic mass is 32.1. The maximum Gasteiger partial charge on any atom is 0.276 e. The lowest BCUT2D eigenvalue weighted by molar-refractivity contribution is -0.119. The van der Waals surface area contributed by atoms with Crippen molar-refractivity contribution in [1.29, 1.82) is 5.26 Å². The van der Waals surface area contributed by atoms with Crippen molar-refractivity contribution in [3.05, 3.63) is 34.4 Å². The standard InChI is InChI=1S/C16H17N5O3S/c1-2-23-13-7-10(8-17)3-6-12(13)24-9-14(22)20-21-15(11-4-5-11)18-19-16(21)25/h3,6-7,11H,2,4-5,9H2,1H3,(H,19,25)(H,20,22). The molecular weight excluding hydrogens is 342 g/mol. The van der Waals surface area contributed by atoms with Gasteiger partial charge in [0.05, 0.1) is 18.2 Å². The lowest BCUT2D eigenvalue weighted by Crippen LogP contribution is -2.29. The van der Waals surface area contributed by atoms with E-state index in [2.05, 4.69) is 15.6 Å². The van der Waals surface area contributed by atoms with Crippen LogP contribution >= 0.6 is 12.2 Å². The maximum absolute atomic E-state index is 12.2. The molecule has 1 aliphatic rings. The lowest BCUT2D eigenvalue weighted by atomic mass is 10.2. The minimum atomic E-state index is -0.369. The van der Waals surface area contributed by atoms with Crippen LogP contribution in [0.15, 0.2) is 18.2 Å². The Hall–Kier alpha value is -2.86. The van der Waals surface area contributed by atoms with Crippen LogP contribution in [0.3, 0.4) is 0 Å². The van der Waals surface area contributed by atoms with E-state index in [0.29, 0.717) is 34.4 Å². The molecule has 0 radical (unpaired) electrons. The van der Waals surface area contributed by atoms with Crippen LogP contribution in [0, 0.1) is 16.1 Å². The average Bonchev–Trinajstić information content (AvgIpc) is 3.39. The van der Waals surface area contributed by atoms with Crippen molar-refractivity contribution in [3.8, 4) is 17.6 Å². The van der Waals surface area contributed by atoms with Crippen molar-refractivity contribution >= 4 is 18.1 Å². The molecule has 1 fully saturated rings. The summed E-state index contributed by atoms with van der Waals surface area (Å²) in [5.74, 6) is 1.51. The van der Waals surface area contributed by atoms with E-state index in [9.17, 15) is 4.79 Å². The van der Waals surface area contributed by atoms with Gasteiger partial charge in [0.2, 0.25) is 4.77 Å². The Balaban J connectivity index is 1.66. The molecule has 0 spiro atoms. The molecular formula is C16H17N5O3S. The van der Waals surface area contributed by atoms with Crippen LogP contribution in [-0.4, -0.2) is 34.0 Å². The fourth-order valence-electron chi connectivity index (χ4n) is 2.30. The number of nitrogens with one attached hydrogen (secondary N) is 2. The van der Waals surface area contributed by atoms with Crippen LogP contribution in [-0.2, 0) is 4.79 Å². The van der Waals surface area contributed by atoms with E-state index in [1.165, 1.54) is 4.68 Å². The molecule has 1 saturated carbocycles. The predicted molar refractivity (Wildman–Crippen MR) is 91.6 cm³/mol. The number of hydrogen-bond donors (Lipinski definition) is 2. The number of nitriles is 1.